The molecule has 0 unspecified atom stereocenters. The lowest BCUT2D eigenvalue weighted by Crippen LogP contribution is -2.27. The fourth-order valence-electron chi connectivity index (χ4n) is 2.66. The van der Waals surface area contributed by atoms with Crippen LogP contribution in [0.25, 0.3) is 0 Å². The molecule has 0 aliphatic carbocycles. The van der Waals surface area contributed by atoms with Gasteiger partial charge >= 0.3 is 0 Å². The van der Waals surface area contributed by atoms with Gasteiger partial charge in [-0.25, -0.2) is 4.98 Å². The number of ether oxygens (including phenoxy) is 2. The summed E-state index contributed by atoms with van der Waals surface area (Å²) < 4.78 is 11.2. The van der Waals surface area contributed by atoms with Gasteiger partial charge in [0.05, 0.1) is 6.61 Å². The summed E-state index contributed by atoms with van der Waals surface area (Å²) >= 11 is 0. The summed E-state index contributed by atoms with van der Waals surface area (Å²) in [6.07, 6.45) is 5.10. The van der Waals surface area contributed by atoms with Crippen molar-refractivity contribution in [1.29, 1.82) is 0 Å². The molecular formula is C21H22N4O3. The lowest BCUT2D eigenvalue weighted by Gasteiger charge is -2.20. The Hall–Kier alpha value is -3.61. The van der Waals surface area contributed by atoms with Gasteiger partial charge in [-0.15, -0.1) is 0 Å². The molecule has 0 saturated carbocycles. The molecule has 0 saturated heterocycles. The molecule has 3 aromatic rings. The molecule has 28 heavy (non-hydrogen) atoms. The van der Waals surface area contributed by atoms with Crippen LogP contribution in [0.4, 0.5) is 0 Å². The fraction of sp³-hybridized carbons (Fsp3) is 0.190. The SMILES string of the molecule is CCOc1ccc(Oc2ccc(/C(=N/O)N(C)Cc3cccnc3)cn2)cc1. The Morgan fingerprint density at radius 3 is 2.46 bits per heavy atom. The summed E-state index contributed by atoms with van der Waals surface area (Å²) in [5.74, 6) is 2.30. The standard InChI is InChI=1S/C21H22N4O3/c1-3-27-18-7-9-19(10-8-18)28-20-11-6-17(14-23-20)21(24-26)25(2)15-16-5-4-12-22-13-16/h4-14,26H,3,15H2,1-2H3/b24-21-. The Morgan fingerprint density at radius 2 is 1.86 bits per heavy atom. The molecule has 0 aliphatic heterocycles. The number of amidine groups is 1. The summed E-state index contributed by atoms with van der Waals surface area (Å²) in [4.78, 5) is 10.2. The molecule has 0 atom stereocenters. The van der Waals surface area contributed by atoms with Crippen LogP contribution in [-0.2, 0) is 6.54 Å². The molecule has 0 bridgehead atoms. The van der Waals surface area contributed by atoms with Gasteiger partial charge in [0.15, 0.2) is 5.84 Å². The highest BCUT2D eigenvalue weighted by Gasteiger charge is 2.12. The fourth-order valence-corrected chi connectivity index (χ4v) is 2.66. The van der Waals surface area contributed by atoms with Crippen LogP contribution < -0.4 is 9.47 Å². The van der Waals surface area contributed by atoms with Crippen molar-refractivity contribution in [3.63, 3.8) is 0 Å². The lowest BCUT2D eigenvalue weighted by atomic mass is 10.2. The van der Waals surface area contributed by atoms with Crippen molar-refractivity contribution in [2.45, 2.75) is 13.5 Å². The number of oxime groups is 1. The van der Waals surface area contributed by atoms with E-state index in [-0.39, 0.29) is 0 Å². The highest BCUT2D eigenvalue weighted by molar-refractivity contribution is 5.97. The van der Waals surface area contributed by atoms with Crippen LogP contribution in [0.1, 0.15) is 18.1 Å². The molecule has 0 fully saturated rings. The minimum absolute atomic E-state index is 0.406. The molecule has 0 spiro atoms. The number of hydrogen-bond donors (Lipinski definition) is 1. The van der Waals surface area contributed by atoms with E-state index in [9.17, 15) is 5.21 Å². The van der Waals surface area contributed by atoms with E-state index in [1.807, 2.05) is 55.3 Å². The van der Waals surface area contributed by atoms with E-state index < -0.39 is 0 Å². The first kappa shape index (κ1) is 19.2. The van der Waals surface area contributed by atoms with Crippen molar-refractivity contribution in [2.75, 3.05) is 13.7 Å². The second-order valence-electron chi connectivity index (χ2n) is 6.03. The van der Waals surface area contributed by atoms with E-state index in [2.05, 4.69) is 15.1 Å². The molecule has 1 aromatic carbocycles. The van der Waals surface area contributed by atoms with Gasteiger partial charge in [-0.2, -0.15) is 0 Å². The minimum atomic E-state index is 0.406. The Morgan fingerprint density at radius 1 is 1.07 bits per heavy atom. The molecule has 2 aromatic heterocycles. The largest absolute Gasteiger partial charge is 0.494 e. The average Bonchev–Trinajstić information content (AvgIpc) is 2.72. The zero-order valence-electron chi connectivity index (χ0n) is 15.8. The van der Waals surface area contributed by atoms with E-state index in [0.717, 1.165) is 11.3 Å². The van der Waals surface area contributed by atoms with E-state index >= 15 is 0 Å². The number of nitrogens with zero attached hydrogens (tertiary/aromatic N) is 4. The van der Waals surface area contributed by atoms with Gasteiger partial charge < -0.3 is 19.6 Å². The van der Waals surface area contributed by atoms with Crippen molar-refractivity contribution in [3.05, 3.63) is 78.2 Å². The number of rotatable bonds is 7. The van der Waals surface area contributed by atoms with Crippen LogP contribution in [0, 0.1) is 0 Å². The van der Waals surface area contributed by atoms with Gasteiger partial charge in [0, 0.05) is 43.8 Å². The van der Waals surface area contributed by atoms with Crippen molar-refractivity contribution in [3.8, 4) is 17.4 Å². The third-order valence-corrected chi connectivity index (χ3v) is 3.95. The highest BCUT2D eigenvalue weighted by atomic mass is 16.5. The van der Waals surface area contributed by atoms with Crippen LogP contribution in [0.2, 0.25) is 0 Å². The summed E-state index contributed by atoms with van der Waals surface area (Å²) in [7, 11) is 1.84. The van der Waals surface area contributed by atoms with Gasteiger partial charge in [-0.05, 0) is 48.9 Å². The zero-order chi connectivity index (χ0) is 19.8. The quantitative estimate of drug-likeness (QED) is 0.290. The lowest BCUT2D eigenvalue weighted by molar-refractivity contribution is 0.306. The van der Waals surface area contributed by atoms with Gasteiger partial charge in [-0.1, -0.05) is 11.2 Å². The topological polar surface area (TPSA) is 80.1 Å². The van der Waals surface area contributed by atoms with E-state index in [0.29, 0.717) is 36.2 Å². The molecule has 0 radical (unpaired) electrons. The van der Waals surface area contributed by atoms with Crippen LogP contribution in [0.5, 0.6) is 17.4 Å². The predicted molar refractivity (Wildman–Crippen MR) is 106 cm³/mol. The smallest absolute Gasteiger partial charge is 0.219 e. The summed E-state index contributed by atoms with van der Waals surface area (Å²) in [6.45, 7) is 3.11. The molecule has 144 valence electrons. The Kier molecular flexibility index (Phi) is 6.41. The van der Waals surface area contributed by atoms with Crippen LogP contribution >= 0.6 is 0 Å². The van der Waals surface area contributed by atoms with E-state index in [4.69, 9.17) is 9.47 Å². The molecule has 7 heteroatoms. The number of pyridine rings is 2. The Bertz CT molecular complexity index is 897. The maximum absolute atomic E-state index is 9.46. The van der Waals surface area contributed by atoms with E-state index in [1.54, 1.807) is 30.7 Å². The number of aromatic nitrogens is 2. The van der Waals surface area contributed by atoms with Crippen LogP contribution in [-0.4, -0.2) is 39.6 Å². The summed E-state index contributed by atoms with van der Waals surface area (Å²) in [5.41, 5.74) is 1.68. The van der Waals surface area contributed by atoms with Crippen LogP contribution in [0.3, 0.4) is 0 Å². The Balaban J connectivity index is 1.66. The third-order valence-electron chi connectivity index (χ3n) is 3.95. The summed E-state index contributed by atoms with van der Waals surface area (Å²) in [5, 5.41) is 12.9. The van der Waals surface area contributed by atoms with Gasteiger partial charge in [0.2, 0.25) is 5.88 Å². The normalized spacial score (nSPS) is 11.1. The monoisotopic (exact) mass is 378 g/mol. The molecule has 0 aliphatic rings. The van der Waals surface area contributed by atoms with Crippen molar-refractivity contribution in [2.24, 2.45) is 5.16 Å². The minimum Gasteiger partial charge on any atom is -0.494 e. The van der Waals surface area contributed by atoms with Crippen LogP contribution in [0.15, 0.2) is 72.3 Å². The first-order valence-corrected chi connectivity index (χ1v) is 8.89. The maximum atomic E-state index is 9.46. The predicted octanol–water partition coefficient (Wildman–Crippen LogP) is 3.94. The zero-order valence-corrected chi connectivity index (χ0v) is 15.8. The van der Waals surface area contributed by atoms with Crippen molar-refractivity contribution >= 4 is 5.84 Å². The molecule has 3 rings (SSSR count). The summed E-state index contributed by atoms with van der Waals surface area (Å²) in [6, 6.07) is 14.7. The molecule has 1 N–H and O–H groups in total. The van der Waals surface area contributed by atoms with Gasteiger partial charge in [0.1, 0.15) is 11.5 Å². The average molecular weight is 378 g/mol. The highest BCUT2D eigenvalue weighted by Crippen LogP contribution is 2.23. The van der Waals surface area contributed by atoms with Crippen molar-refractivity contribution < 1.29 is 14.7 Å². The number of benzene rings is 1. The second kappa shape index (κ2) is 9.36. The second-order valence-corrected chi connectivity index (χ2v) is 6.03. The molecular weight excluding hydrogens is 356 g/mol. The third kappa shape index (κ3) is 4.97. The molecule has 2 heterocycles. The Labute approximate surface area is 163 Å². The van der Waals surface area contributed by atoms with Crippen molar-refractivity contribution in [1.82, 2.24) is 14.9 Å². The number of hydrogen-bond acceptors (Lipinski definition) is 6. The van der Waals surface area contributed by atoms with Gasteiger partial charge in [0.25, 0.3) is 0 Å². The molecule has 7 nitrogen and oxygen atoms in total. The first-order chi connectivity index (χ1) is 13.7. The maximum Gasteiger partial charge on any atom is 0.219 e. The first-order valence-electron chi connectivity index (χ1n) is 8.89. The van der Waals surface area contributed by atoms with Gasteiger partial charge in [-0.3, -0.25) is 4.98 Å². The molecule has 0 amide bonds. The van der Waals surface area contributed by atoms with E-state index in [1.165, 1.54) is 0 Å².